The predicted octanol–water partition coefficient (Wildman–Crippen LogP) is 1.30. The molecular formula is C11H18O5. The van der Waals surface area contributed by atoms with Crippen molar-refractivity contribution in [3.05, 3.63) is 0 Å². The number of unbranched alkanes of at least 4 members (excludes halogenated alkanes) is 1. The van der Waals surface area contributed by atoms with Gasteiger partial charge in [0, 0.05) is 0 Å². The fraction of sp³-hybridized carbons (Fsp3) is 0.727. The second kappa shape index (κ2) is 7.84. The summed E-state index contributed by atoms with van der Waals surface area (Å²) in [5, 5.41) is 0. The highest BCUT2D eigenvalue weighted by molar-refractivity contribution is 5.84. The Bertz CT molecular complexity index is 249. The fourth-order valence-electron chi connectivity index (χ4n) is 1.47. The van der Waals surface area contributed by atoms with E-state index in [9.17, 15) is 14.4 Å². The van der Waals surface area contributed by atoms with Crippen LogP contribution in [0.1, 0.15) is 33.1 Å². The molecule has 0 aromatic carbocycles. The van der Waals surface area contributed by atoms with Crippen LogP contribution in [0.4, 0.5) is 0 Å². The normalized spacial score (nSPS) is 13.7. The molecule has 2 atom stereocenters. The minimum absolute atomic E-state index is 0.0764. The summed E-state index contributed by atoms with van der Waals surface area (Å²) >= 11 is 0. The summed E-state index contributed by atoms with van der Waals surface area (Å²) in [5.74, 6) is -2.34. The highest BCUT2D eigenvalue weighted by Gasteiger charge is 2.31. The van der Waals surface area contributed by atoms with E-state index in [2.05, 4.69) is 9.47 Å². The van der Waals surface area contributed by atoms with Crippen LogP contribution in [-0.2, 0) is 23.9 Å². The average Bonchev–Trinajstić information content (AvgIpc) is 2.29. The lowest BCUT2D eigenvalue weighted by atomic mass is 9.89. The van der Waals surface area contributed by atoms with Gasteiger partial charge >= 0.3 is 18.4 Å². The van der Waals surface area contributed by atoms with Gasteiger partial charge in [0.05, 0.1) is 18.9 Å². The molecule has 92 valence electrons. The molecule has 5 nitrogen and oxygen atoms in total. The molecule has 0 aliphatic carbocycles. The summed E-state index contributed by atoms with van der Waals surface area (Å²) in [6.07, 6.45) is 2.29. The van der Waals surface area contributed by atoms with Crippen molar-refractivity contribution in [3.8, 4) is 0 Å². The number of carbonyl (C=O) groups excluding carboxylic acids is 3. The number of carbonyl (C=O) groups is 3. The van der Waals surface area contributed by atoms with Crippen molar-refractivity contribution in [3.63, 3.8) is 0 Å². The van der Waals surface area contributed by atoms with Crippen LogP contribution >= 0.6 is 0 Å². The number of esters is 2. The molecule has 0 bridgehead atoms. The fourth-order valence-corrected chi connectivity index (χ4v) is 1.47. The van der Waals surface area contributed by atoms with E-state index < -0.39 is 23.8 Å². The van der Waals surface area contributed by atoms with Gasteiger partial charge in [0.2, 0.25) is 0 Å². The molecule has 0 spiro atoms. The minimum Gasteiger partial charge on any atom is -0.469 e. The van der Waals surface area contributed by atoms with Crippen LogP contribution < -0.4 is 0 Å². The maximum Gasteiger partial charge on any atom is 0.316 e. The zero-order valence-corrected chi connectivity index (χ0v) is 9.89. The van der Waals surface area contributed by atoms with Crippen LogP contribution in [0.15, 0.2) is 0 Å². The average molecular weight is 230 g/mol. The van der Waals surface area contributed by atoms with Gasteiger partial charge in [-0.25, -0.2) is 0 Å². The summed E-state index contributed by atoms with van der Waals surface area (Å²) in [6.45, 7) is 3.62. The van der Waals surface area contributed by atoms with Crippen LogP contribution in [0.3, 0.4) is 0 Å². The summed E-state index contributed by atoms with van der Waals surface area (Å²) in [7, 11) is 1.28. The largest absolute Gasteiger partial charge is 0.469 e. The van der Waals surface area contributed by atoms with Crippen LogP contribution in [0.25, 0.3) is 0 Å². The molecular weight excluding hydrogens is 212 g/mol. The Hall–Kier alpha value is -1.39. The predicted molar refractivity (Wildman–Crippen MR) is 56.4 cm³/mol. The highest BCUT2D eigenvalue weighted by atomic mass is 16.6. The standard InChI is InChI=1S/C11H18O5/c1-4-5-6-9(11(14)15-3)8(2)10(13)16-7-12/h7-9H,4-6H2,1-3H3. The van der Waals surface area contributed by atoms with Gasteiger partial charge in [0.15, 0.2) is 0 Å². The Morgan fingerprint density at radius 2 is 1.94 bits per heavy atom. The van der Waals surface area contributed by atoms with Crippen LogP contribution in [0.5, 0.6) is 0 Å². The van der Waals surface area contributed by atoms with Crippen molar-refractivity contribution < 1.29 is 23.9 Å². The van der Waals surface area contributed by atoms with E-state index in [1.807, 2.05) is 6.92 Å². The molecule has 0 saturated carbocycles. The molecule has 0 rings (SSSR count). The third kappa shape index (κ3) is 4.42. The lowest BCUT2D eigenvalue weighted by Gasteiger charge is -2.18. The van der Waals surface area contributed by atoms with Crippen molar-refractivity contribution >= 4 is 18.4 Å². The maximum atomic E-state index is 11.4. The van der Waals surface area contributed by atoms with Crippen LogP contribution in [0.2, 0.25) is 0 Å². The molecule has 0 fully saturated rings. The Balaban J connectivity index is 4.53. The molecule has 0 heterocycles. The van der Waals surface area contributed by atoms with Crippen molar-refractivity contribution in [1.82, 2.24) is 0 Å². The van der Waals surface area contributed by atoms with Crippen LogP contribution in [-0.4, -0.2) is 25.5 Å². The Morgan fingerprint density at radius 3 is 2.38 bits per heavy atom. The van der Waals surface area contributed by atoms with E-state index in [4.69, 9.17) is 0 Å². The van der Waals surface area contributed by atoms with Crippen molar-refractivity contribution in [2.24, 2.45) is 11.8 Å². The van der Waals surface area contributed by atoms with Gasteiger partial charge in [0.1, 0.15) is 0 Å². The smallest absolute Gasteiger partial charge is 0.316 e. The number of rotatable bonds is 7. The summed E-state index contributed by atoms with van der Waals surface area (Å²) in [4.78, 5) is 32.8. The number of hydrogen-bond donors (Lipinski definition) is 0. The summed E-state index contributed by atoms with van der Waals surface area (Å²) in [5.41, 5.74) is 0. The molecule has 0 aromatic heterocycles. The lowest BCUT2D eigenvalue weighted by Crippen LogP contribution is -2.30. The monoisotopic (exact) mass is 230 g/mol. The van der Waals surface area contributed by atoms with Crippen molar-refractivity contribution in [1.29, 1.82) is 0 Å². The number of hydrogen-bond acceptors (Lipinski definition) is 5. The van der Waals surface area contributed by atoms with Gasteiger partial charge in [-0.15, -0.1) is 0 Å². The lowest BCUT2D eigenvalue weighted by molar-refractivity contribution is -0.161. The third-order valence-electron chi connectivity index (χ3n) is 2.51. The van der Waals surface area contributed by atoms with Crippen molar-refractivity contribution in [2.45, 2.75) is 33.1 Å². The van der Waals surface area contributed by atoms with E-state index in [0.717, 1.165) is 12.8 Å². The van der Waals surface area contributed by atoms with Crippen LogP contribution in [0, 0.1) is 11.8 Å². The summed E-state index contributed by atoms with van der Waals surface area (Å²) in [6, 6.07) is 0. The van der Waals surface area contributed by atoms with Gasteiger partial charge in [0.25, 0.3) is 0 Å². The third-order valence-corrected chi connectivity index (χ3v) is 2.51. The number of methoxy groups -OCH3 is 1. The number of ether oxygens (including phenoxy) is 2. The SMILES string of the molecule is CCCCC(C(=O)OC)C(C)C(=O)OC=O. The van der Waals surface area contributed by atoms with Gasteiger partial charge < -0.3 is 9.47 Å². The molecule has 0 N–H and O–H groups in total. The van der Waals surface area contributed by atoms with Gasteiger partial charge in [-0.2, -0.15) is 0 Å². The second-order valence-corrected chi connectivity index (χ2v) is 3.59. The first-order valence-electron chi connectivity index (χ1n) is 5.30. The highest BCUT2D eigenvalue weighted by Crippen LogP contribution is 2.21. The summed E-state index contributed by atoms with van der Waals surface area (Å²) < 4.78 is 8.86. The molecule has 0 aromatic rings. The Kier molecular flexibility index (Phi) is 7.16. The van der Waals surface area contributed by atoms with E-state index in [1.54, 1.807) is 6.92 Å². The van der Waals surface area contributed by atoms with E-state index >= 15 is 0 Å². The first kappa shape index (κ1) is 14.6. The first-order valence-corrected chi connectivity index (χ1v) is 5.30. The molecule has 0 radical (unpaired) electrons. The van der Waals surface area contributed by atoms with Crippen molar-refractivity contribution in [2.75, 3.05) is 7.11 Å². The molecule has 0 aliphatic rings. The van der Waals surface area contributed by atoms with E-state index in [0.29, 0.717) is 6.42 Å². The molecule has 5 heteroatoms. The first-order chi connectivity index (χ1) is 7.58. The maximum absolute atomic E-state index is 11.4. The topological polar surface area (TPSA) is 69.7 Å². The molecule has 0 amide bonds. The quantitative estimate of drug-likeness (QED) is 0.374. The molecule has 2 unspecified atom stereocenters. The minimum atomic E-state index is -0.693. The molecule has 0 aliphatic heterocycles. The van der Waals surface area contributed by atoms with E-state index in [-0.39, 0.29) is 6.47 Å². The van der Waals surface area contributed by atoms with Gasteiger partial charge in [-0.3, -0.25) is 14.4 Å². The van der Waals surface area contributed by atoms with Gasteiger partial charge in [-0.1, -0.05) is 26.7 Å². The molecule has 0 saturated heterocycles. The Morgan fingerprint density at radius 1 is 1.31 bits per heavy atom. The molecule has 16 heavy (non-hydrogen) atoms. The van der Waals surface area contributed by atoms with E-state index in [1.165, 1.54) is 7.11 Å². The zero-order chi connectivity index (χ0) is 12.6. The Labute approximate surface area is 95.1 Å². The second-order valence-electron chi connectivity index (χ2n) is 3.59. The van der Waals surface area contributed by atoms with Gasteiger partial charge in [-0.05, 0) is 6.42 Å². The zero-order valence-electron chi connectivity index (χ0n) is 9.89.